The summed E-state index contributed by atoms with van der Waals surface area (Å²) in [6.07, 6.45) is 15.5. The predicted molar refractivity (Wildman–Crippen MR) is 77.5 cm³/mol. The maximum absolute atomic E-state index is 5.68. The van der Waals surface area contributed by atoms with Crippen molar-refractivity contribution in [2.75, 3.05) is 6.61 Å². The van der Waals surface area contributed by atoms with Crippen molar-refractivity contribution >= 4 is 0 Å². The molecule has 0 fully saturated rings. The van der Waals surface area contributed by atoms with Gasteiger partial charge in [-0.15, -0.1) is 6.58 Å². The third-order valence-electron chi connectivity index (χ3n) is 3.14. The Bertz CT molecular complexity index is 154. The largest absolute Gasteiger partial charge is 0.374 e. The minimum absolute atomic E-state index is 0.287. The predicted octanol–water partition coefficient (Wildman–Crippen LogP) is 5.50. The molecule has 0 spiro atoms. The van der Waals surface area contributed by atoms with E-state index in [-0.39, 0.29) is 6.10 Å². The average Bonchev–Trinajstić information content (AvgIpc) is 2.36. The minimum atomic E-state index is 0.287. The van der Waals surface area contributed by atoms with Gasteiger partial charge in [0.2, 0.25) is 0 Å². The second-order valence-electron chi connectivity index (χ2n) is 4.91. The SMILES string of the molecule is C=CC(CCCCCCCCCC)OCCC. The summed E-state index contributed by atoms with van der Waals surface area (Å²) in [7, 11) is 0. The molecular formula is C16H32O. The first-order valence-corrected chi connectivity index (χ1v) is 7.59. The van der Waals surface area contributed by atoms with Crippen molar-refractivity contribution < 1.29 is 4.74 Å². The summed E-state index contributed by atoms with van der Waals surface area (Å²) in [6.45, 7) is 9.13. The van der Waals surface area contributed by atoms with Crippen LogP contribution in [0.3, 0.4) is 0 Å². The van der Waals surface area contributed by atoms with E-state index in [2.05, 4.69) is 20.4 Å². The fourth-order valence-corrected chi connectivity index (χ4v) is 2.02. The fraction of sp³-hybridized carbons (Fsp3) is 0.875. The summed E-state index contributed by atoms with van der Waals surface area (Å²) >= 11 is 0. The summed E-state index contributed by atoms with van der Waals surface area (Å²) < 4.78 is 5.68. The summed E-state index contributed by atoms with van der Waals surface area (Å²) in [6, 6.07) is 0. The van der Waals surface area contributed by atoms with Crippen LogP contribution < -0.4 is 0 Å². The highest BCUT2D eigenvalue weighted by Crippen LogP contribution is 2.12. The first kappa shape index (κ1) is 16.7. The van der Waals surface area contributed by atoms with E-state index in [1.54, 1.807) is 0 Å². The highest BCUT2D eigenvalue weighted by Gasteiger charge is 2.02. The molecular weight excluding hydrogens is 208 g/mol. The number of hydrogen-bond acceptors (Lipinski definition) is 1. The third-order valence-corrected chi connectivity index (χ3v) is 3.14. The molecule has 0 radical (unpaired) electrons. The Morgan fingerprint density at radius 3 is 2.00 bits per heavy atom. The molecule has 0 N–H and O–H groups in total. The van der Waals surface area contributed by atoms with Gasteiger partial charge in [-0.3, -0.25) is 0 Å². The Hall–Kier alpha value is -0.300. The van der Waals surface area contributed by atoms with Gasteiger partial charge in [0.15, 0.2) is 0 Å². The molecule has 0 heterocycles. The number of hydrogen-bond donors (Lipinski definition) is 0. The van der Waals surface area contributed by atoms with Gasteiger partial charge in [-0.1, -0.05) is 71.3 Å². The summed E-state index contributed by atoms with van der Waals surface area (Å²) in [4.78, 5) is 0. The molecule has 1 unspecified atom stereocenters. The molecule has 0 saturated heterocycles. The molecule has 0 aliphatic carbocycles. The van der Waals surface area contributed by atoms with Gasteiger partial charge in [-0.05, 0) is 12.8 Å². The second-order valence-corrected chi connectivity index (χ2v) is 4.91. The van der Waals surface area contributed by atoms with Gasteiger partial charge < -0.3 is 4.74 Å². The van der Waals surface area contributed by atoms with Crippen molar-refractivity contribution in [2.45, 2.75) is 84.2 Å². The maximum atomic E-state index is 5.68. The minimum Gasteiger partial charge on any atom is -0.374 e. The summed E-state index contributed by atoms with van der Waals surface area (Å²) in [5, 5.41) is 0. The maximum Gasteiger partial charge on any atom is 0.0753 e. The quantitative estimate of drug-likeness (QED) is 0.305. The van der Waals surface area contributed by atoms with E-state index in [1.807, 2.05) is 6.08 Å². The monoisotopic (exact) mass is 240 g/mol. The zero-order valence-electron chi connectivity index (χ0n) is 12.0. The van der Waals surface area contributed by atoms with Crippen molar-refractivity contribution in [3.8, 4) is 0 Å². The first-order chi connectivity index (χ1) is 8.35. The number of unbranched alkanes of at least 4 members (excludes halogenated alkanes) is 7. The van der Waals surface area contributed by atoms with Gasteiger partial charge in [0.1, 0.15) is 0 Å². The van der Waals surface area contributed by atoms with Crippen molar-refractivity contribution in [2.24, 2.45) is 0 Å². The van der Waals surface area contributed by atoms with Crippen LogP contribution in [0.1, 0.15) is 78.1 Å². The van der Waals surface area contributed by atoms with E-state index >= 15 is 0 Å². The van der Waals surface area contributed by atoms with Crippen LogP contribution in [-0.2, 0) is 4.74 Å². The third kappa shape index (κ3) is 12.0. The molecule has 1 nitrogen and oxygen atoms in total. The van der Waals surface area contributed by atoms with E-state index in [0.717, 1.165) is 19.4 Å². The molecule has 0 aromatic rings. The Morgan fingerprint density at radius 1 is 0.882 bits per heavy atom. The average molecular weight is 240 g/mol. The van der Waals surface area contributed by atoms with Gasteiger partial charge in [0.25, 0.3) is 0 Å². The van der Waals surface area contributed by atoms with Crippen molar-refractivity contribution in [1.82, 2.24) is 0 Å². The van der Waals surface area contributed by atoms with Gasteiger partial charge in [-0.2, -0.15) is 0 Å². The Morgan fingerprint density at radius 2 is 1.47 bits per heavy atom. The van der Waals surface area contributed by atoms with Gasteiger partial charge in [0.05, 0.1) is 6.10 Å². The second kappa shape index (κ2) is 13.8. The Kier molecular flexibility index (Phi) is 13.5. The zero-order valence-corrected chi connectivity index (χ0v) is 12.0. The van der Waals surface area contributed by atoms with E-state index in [4.69, 9.17) is 4.74 Å². The molecule has 102 valence electrons. The van der Waals surface area contributed by atoms with Crippen molar-refractivity contribution in [1.29, 1.82) is 0 Å². The van der Waals surface area contributed by atoms with Crippen LogP contribution in [0.15, 0.2) is 12.7 Å². The number of rotatable bonds is 13. The molecule has 17 heavy (non-hydrogen) atoms. The van der Waals surface area contributed by atoms with Crippen LogP contribution in [-0.4, -0.2) is 12.7 Å². The molecule has 0 aromatic heterocycles. The van der Waals surface area contributed by atoms with Crippen LogP contribution in [0.5, 0.6) is 0 Å². The lowest BCUT2D eigenvalue weighted by atomic mass is 10.1. The molecule has 0 bridgehead atoms. The highest BCUT2D eigenvalue weighted by atomic mass is 16.5. The Labute approximate surface area is 109 Å². The molecule has 0 aliphatic rings. The summed E-state index contributed by atoms with van der Waals surface area (Å²) in [5.41, 5.74) is 0. The standard InChI is InChI=1S/C16H32O/c1-4-7-8-9-10-11-12-13-14-16(6-3)17-15-5-2/h6,16H,3-5,7-15H2,1-2H3. The molecule has 0 aromatic carbocycles. The molecule has 1 heteroatoms. The zero-order chi connectivity index (χ0) is 12.8. The van der Waals surface area contributed by atoms with E-state index < -0.39 is 0 Å². The van der Waals surface area contributed by atoms with Crippen LogP contribution in [0, 0.1) is 0 Å². The van der Waals surface area contributed by atoms with Gasteiger partial charge in [-0.25, -0.2) is 0 Å². The lowest BCUT2D eigenvalue weighted by molar-refractivity contribution is 0.0783. The van der Waals surface area contributed by atoms with E-state index in [0.29, 0.717) is 0 Å². The van der Waals surface area contributed by atoms with Crippen LogP contribution >= 0.6 is 0 Å². The van der Waals surface area contributed by atoms with E-state index in [1.165, 1.54) is 51.4 Å². The lowest BCUT2D eigenvalue weighted by Crippen LogP contribution is -2.09. The molecule has 0 saturated carbocycles. The van der Waals surface area contributed by atoms with Crippen LogP contribution in [0.4, 0.5) is 0 Å². The molecule has 1 atom stereocenters. The lowest BCUT2D eigenvalue weighted by Gasteiger charge is -2.12. The van der Waals surface area contributed by atoms with Crippen LogP contribution in [0.2, 0.25) is 0 Å². The molecule has 0 amide bonds. The van der Waals surface area contributed by atoms with E-state index in [9.17, 15) is 0 Å². The van der Waals surface area contributed by atoms with Gasteiger partial charge >= 0.3 is 0 Å². The molecule has 0 rings (SSSR count). The highest BCUT2D eigenvalue weighted by molar-refractivity contribution is 4.79. The normalized spacial score (nSPS) is 12.6. The first-order valence-electron chi connectivity index (χ1n) is 7.59. The topological polar surface area (TPSA) is 9.23 Å². The smallest absolute Gasteiger partial charge is 0.0753 e. The van der Waals surface area contributed by atoms with Crippen LogP contribution in [0.25, 0.3) is 0 Å². The van der Waals surface area contributed by atoms with Crippen molar-refractivity contribution in [3.05, 3.63) is 12.7 Å². The van der Waals surface area contributed by atoms with Gasteiger partial charge in [0, 0.05) is 6.61 Å². The Balaban J connectivity index is 3.22. The number of ether oxygens (including phenoxy) is 1. The fourth-order valence-electron chi connectivity index (χ4n) is 2.02. The molecule has 0 aliphatic heterocycles. The van der Waals surface area contributed by atoms with Crippen molar-refractivity contribution in [3.63, 3.8) is 0 Å². The summed E-state index contributed by atoms with van der Waals surface area (Å²) in [5.74, 6) is 0.